The lowest BCUT2D eigenvalue weighted by molar-refractivity contribution is -0.196. The van der Waals surface area contributed by atoms with Crippen LogP contribution in [0.3, 0.4) is 0 Å². The summed E-state index contributed by atoms with van der Waals surface area (Å²) in [5.41, 5.74) is -2.16. The Morgan fingerprint density at radius 3 is 2.23 bits per heavy atom. The molecule has 1 saturated heterocycles. The number of hydrogen-bond donors (Lipinski definition) is 1. The third-order valence-corrected chi connectivity index (χ3v) is 5.73. The summed E-state index contributed by atoms with van der Waals surface area (Å²) in [6.07, 6.45) is -0.492. The minimum absolute atomic E-state index is 0.0258. The van der Waals surface area contributed by atoms with Crippen LogP contribution in [0.4, 0.5) is 0 Å². The summed E-state index contributed by atoms with van der Waals surface area (Å²) in [6.45, 7) is 14.5. The highest BCUT2D eigenvalue weighted by Gasteiger charge is 2.57. The molecule has 7 unspecified atom stereocenters. The van der Waals surface area contributed by atoms with Crippen molar-refractivity contribution in [3.8, 4) is 0 Å². The number of esters is 3. The van der Waals surface area contributed by atoms with Gasteiger partial charge < -0.3 is 19.3 Å². The summed E-state index contributed by atoms with van der Waals surface area (Å²) >= 11 is 0. The van der Waals surface area contributed by atoms with Gasteiger partial charge in [-0.1, -0.05) is 33.1 Å². The first kappa shape index (κ1) is 24.5. The Labute approximate surface area is 181 Å². The Hall–Kier alpha value is -2.74. The van der Waals surface area contributed by atoms with Crippen LogP contribution in [0.25, 0.3) is 0 Å². The second-order valence-corrected chi connectivity index (χ2v) is 8.68. The molecule has 1 aliphatic heterocycles. The van der Waals surface area contributed by atoms with E-state index >= 15 is 0 Å². The fraction of sp³-hybridized carbons (Fsp3) is 0.565. The van der Waals surface area contributed by atoms with Crippen LogP contribution in [0.15, 0.2) is 36.5 Å². The Morgan fingerprint density at radius 1 is 1.13 bits per heavy atom. The normalized spacial score (nSPS) is 35.5. The quantitative estimate of drug-likeness (QED) is 0.406. The summed E-state index contributed by atoms with van der Waals surface area (Å²) in [6, 6.07) is 0. The van der Waals surface area contributed by atoms with E-state index in [9.17, 15) is 24.3 Å². The molecule has 8 heteroatoms. The molecule has 170 valence electrons. The van der Waals surface area contributed by atoms with Gasteiger partial charge in [0.15, 0.2) is 17.5 Å². The van der Waals surface area contributed by atoms with Gasteiger partial charge >= 0.3 is 17.9 Å². The van der Waals surface area contributed by atoms with Crippen LogP contribution in [0.2, 0.25) is 0 Å². The van der Waals surface area contributed by atoms with E-state index in [1.54, 1.807) is 13.0 Å². The maximum Gasteiger partial charge on any atom is 0.333 e. The fourth-order valence-electron chi connectivity index (χ4n) is 3.81. The van der Waals surface area contributed by atoms with Crippen molar-refractivity contribution in [2.24, 2.45) is 17.8 Å². The number of fused-ring (bicyclic) bond motifs is 1. The SMILES string of the molecule is C=C(C)C(=O)OC1C2C(CC(C)C=CC(=O)C(C)(O)C1OC(=O)C(=C)C)OC(=O)C2C. The van der Waals surface area contributed by atoms with Crippen molar-refractivity contribution in [1.29, 1.82) is 0 Å². The first-order chi connectivity index (χ1) is 14.3. The van der Waals surface area contributed by atoms with Crippen LogP contribution >= 0.6 is 0 Å². The molecule has 0 aromatic heterocycles. The van der Waals surface area contributed by atoms with Gasteiger partial charge in [-0.2, -0.15) is 0 Å². The van der Waals surface area contributed by atoms with Crippen LogP contribution in [0, 0.1) is 17.8 Å². The van der Waals surface area contributed by atoms with Crippen molar-refractivity contribution in [3.05, 3.63) is 36.5 Å². The second kappa shape index (κ2) is 9.18. The number of ketones is 1. The van der Waals surface area contributed by atoms with Crippen molar-refractivity contribution in [1.82, 2.24) is 0 Å². The van der Waals surface area contributed by atoms with Gasteiger partial charge in [-0.25, -0.2) is 9.59 Å². The molecule has 1 heterocycles. The summed E-state index contributed by atoms with van der Waals surface area (Å²) in [5, 5.41) is 11.2. The predicted molar refractivity (Wildman–Crippen MR) is 110 cm³/mol. The number of carbonyl (C=O) groups excluding carboxylic acids is 4. The first-order valence-electron chi connectivity index (χ1n) is 10.2. The maximum atomic E-state index is 12.9. The molecule has 7 atom stereocenters. The molecule has 1 fully saturated rings. The Balaban J connectivity index is 2.69. The highest BCUT2D eigenvalue weighted by atomic mass is 16.6. The third kappa shape index (κ3) is 5.12. The van der Waals surface area contributed by atoms with E-state index in [0.717, 1.165) is 0 Å². The van der Waals surface area contributed by atoms with E-state index in [2.05, 4.69) is 13.2 Å². The molecule has 1 N–H and O–H groups in total. The molecule has 0 bridgehead atoms. The summed E-state index contributed by atoms with van der Waals surface area (Å²) in [7, 11) is 0. The molecule has 2 aliphatic rings. The van der Waals surface area contributed by atoms with Crippen LogP contribution in [0.1, 0.15) is 41.0 Å². The number of rotatable bonds is 4. The number of carbonyl (C=O) groups is 4. The maximum absolute atomic E-state index is 12.9. The predicted octanol–water partition coefficient (Wildman–Crippen LogP) is 2.06. The van der Waals surface area contributed by atoms with Crippen LogP contribution < -0.4 is 0 Å². The first-order valence-corrected chi connectivity index (χ1v) is 10.2. The van der Waals surface area contributed by atoms with E-state index in [-0.39, 0.29) is 17.1 Å². The van der Waals surface area contributed by atoms with Crippen molar-refractivity contribution in [2.45, 2.75) is 65.0 Å². The van der Waals surface area contributed by atoms with Gasteiger partial charge in [0.2, 0.25) is 0 Å². The lowest BCUT2D eigenvalue weighted by atomic mass is 9.75. The molecule has 0 amide bonds. The molecule has 2 rings (SSSR count). The number of aliphatic hydroxyl groups is 1. The second-order valence-electron chi connectivity index (χ2n) is 8.68. The smallest absolute Gasteiger partial charge is 0.333 e. The van der Waals surface area contributed by atoms with Crippen molar-refractivity contribution >= 4 is 23.7 Å². The lowest BCUT2D eigenvalue weighted by Gasteiger charge is -2.40. The van der Waals surface area contributed by atoms with Gasteiger partial charge in [0.25, 0.3) is 0 Å². The minimum Gasteiger partial charge on any atom is -0.462 e. The molecule has 1 aliphatic carbocycles. The zero-order chi connectivity index (χ0) is 23.7. The van der Waals surface area contributed by atoms with Crippen molar-refractivity contribution in [2.75, 3.05) is 0 Å². The molecule has 31 heavy (non-hydrogen) atoms. The van der Waals surface area contributed by atoms with Crippen LogP contribution in [-0.4, -0.2) is 52.7 Å². The van der Waals surface area contributed by atoms with Gasteiger partial charge in [0, 0.05) is 11.1 Å². The highest BCUT2D eigenvalue weighted by Crippen LogP contribution is 2.40. The zero-order valence-electron chi connectivity index (χ0n) is 18.5. The van der Waals surface area contributed by atoms with Gasteiger partial charge in [0.05, 0.1) is 11.8 Å². The highest BCUT2D eigenvalue weighted by molar-refractivity contribution is 5.98. The summed E-state index contributed by atoms with van der Waals surface area (Å²) in [5.74, 6) is -4.59. The molecular weight excluding hydrogens is 404 g/mol. The Kier molecular flexibility index (Phi) is 7.26. The standard InChI is InChI=1S/C23H30O8/c1-11(2)20(25)30-18-17-14(6)22(27)29-15(17)10-13(5)8-9-16(24)23(7,28)19(18)31-21(26)12(3)4/h8-9,13-15,17-19,28H,1,3,10H2,2,4-7H3. The van der Waals surface area contributed by atoms with E-state index < -0.39 is 59.4 Å². The summed E-state index contributed by atoms with van der Waals surface area (Å²) < 4.78 is 16.6. The third-order valence-electron chi connectivity index (χ3n) is 5.73. The zero-order valence-corrected chi connectivity index (χ0v) is 18.5. The van der Waals surface area contributed by atoms with Crippen LogP contribution in [-0.2, 0) is 33.4 Å². The molecule has 0 saturated carbocycles. The Morgan fingerprint density at radius 2 is 1.68 bits per heavy atom. The Bertz CT molecular complexity index is 837. The average Bonchev–Trinajstić information content (AvgIpc) is 2.94. The van der Waals surface area contributed by atoms with E-state index in [0.29, 0.717) is 6.42 Å². The van der Waals surface area contributed by atoms with Gasteiger partial charge in [-0.3, -0.25) is 9.59 Å². The summed E-state index contributed by atoms with van der Waals surface area (Å²) in [4.78, 5) is 50.1. The van der Waals surface area contributed by atoms with E-state index in [4.69, 9.17) is 14.2 Å². The minimum atomic E-state index is -2.26. The van der Waals surface area contributed by atoms with Crippen LogP contribution in [0.5, 0.6) is 0 Å². The van der Waals surface area contributed by atoms with Gasteiger partial charge in [-0.15, -0.1) is 0 Å². The number of allylic oxidation sites excluding steroid dienone is 1. The molecule has 0 aromatic rings. The van der Waals surface area contributed by atoms with E-state index in [1.165, 1.54) is 26.8 Å². The van der Waals surface area contributed by atoms with E-state index in [1.807, 2.05) is 6.92 Å². The fourth-order valence-corrected chi connectivity index (χ4v) is 3.81. The molecule has 0 spiro atoms. The van der Waals surface area contributed by atoms with Crippen molar-refractivity contribution < 1.29 is 38.5 Å². The van der Waals surface area contributed by atoms with Gasteiger partial charge in [0.1, 0.15) is 12.2 Å². The number of hydrogen-bond acceptors (Lipinski definition) is 8. The topological polar surface area (TPSA) is 116 Å². The van der Waals surface area contributed by atoms with Crippen molar-refractivity contribution in [3.63, 3.8) is 0 Å². The lowest BCUT2D eigenvalue weighted by Crippen LogP contribution is -2.59. The monoisotopic (exact) mass is 434 g/mol. The molecule has 0 aromatic carbocycles. The van der Waals surface area contributed by atoms with Gasteiger partial charge in [-0.05, 0) is 39.2 Å². The number of ether oxygens (including phenoxy) is 3. The largest absolute Gasteiger partial charge is 0.462 e. The average molecular weight is 434 g/mol. The molecule has 0 radical (unpaired) electrons. The molecular formula is C23H30O8. The molecule has 8 nitrogen and oxygen atoms in total.